The summed E-state index contributed by atoms with van der Waals surface area (Å²) in [5, 5.41) is 20.6. The maximum Gasteiger partial charge on any atom is 0.353 e. The number of aryl methyl sites for hydroxylation is 1. The minimum absolute atomic E-state index is 0.0209. The van der Waals surface area contributed by atoms with Crippen molar-refractivity contribution in [2.45, 2.75) is 168 Å². The van der Waals surface area contributed by atoms with Crippen molar-refractivity contribution in [1.82, 2.24) is 19.6 Å². The van der Waals surface area contributed by atoms with E-state index in [2.05, 4.69) is 32.6 Å². The molecule has 0 radical (unpaired) electrons. The number of fused-ring (bicyclic) bond motifs is 1. The molecule has 15 nitrogen and oxygen atoms in total. The highest BCUT2D eigenvalue weighted by atomic mass is 32.2. The zero-order valence-electron chi connectivity index (χ0n) is 41.6. The number of rotatable bonds is 21. The molecular weight excluding hydrogens is 865 g/mol. The Bertz CT molecular complexity index is 2030. The maximum absolute atomic E-state index is 14.3. The first-order chi connectivity index (χ1) is 30.8. The number of hydrogen-bond donors (Lipinski definition) is 2. The summed E-state index contributed by atoms with van der Waals surface area (Å²) in [4.78, 5) is 88.1. The van der Waals surface area contributed by atoms with Crippen LogP contribution >= 0.6 is 11.8 Å². The topological polar surface area (TPSA) is 184 Å². The van der Waals surface area contributed by atoms with Crippen LogP contribution in [-0.4, -0.2) is 148 Å². The van der Waals surface area contributed by atoms with Gasteiger partial charge in [-0.2, -0.15) is 0 Å². The van der Waals surface area contributed by atoms with Crippen LogP contribution in [0.5, 0.6) is 11.5 Å². The third kappa shape index (κ3) is 11.2. The van der Waals surface area contributed by atoms with Crippen molar-refractivity contribution in [1.29, 1.82) is 0 Å². The number of amides is 3. The van der Waals surface area contributed by atoms with E-state index in [0.717, 1.165) is 12.0 Å². The van der Waals surface area contributed by atoms with Gasteiger partial charge < -0.3 is 39.1 Å². The number of esters is 1. The lowest BCUT2D eigenvalue weighted by atomic mass is 9.77. The van der Waals surface area contributed by atoms with Crippen LogP contribution in [0.2, 0.25) is 0 Å². The zero-order chi connectivity index (χ0) is 49.2. The molecule has 4 aliphatic heterocycles. The van der Waals surface area contributed by atoms with E-state index in [-0.39, 0.29) is 34.1 Å². The van der Waals surface area contributed by atoms with E-state index in [4.69, 9.17) is 14.2 Å². The SMILES string of the molecule is CCC(C)(C)C(=O)C(=O)N1CCCC[C@H]1C(=O)O[C@H](CCc1ccc(OC)c(OC)c1)CC(C)(C)CCC(C)(C)N1C[C@@H](SC2=C(C(=O)O)N3C(=O)[C@H]([C@@H](C)O)[C@H]3[C@H]2C)C[C@H]1C(=O)N(C)C. The van der Waals surface area contributed by atoms with Crippen molar-refractivity contribution in [3.8, 4) is 11.5 Å². The number of β-lactam (4-membered cyclic amide) rings is 1. The molecule has 1 aromatic carbocycles. The Labute approximate surface area is 396 Å². The number of carboxylic acids is 1. The van der Waals surface area contributed by atoms with Gasteiger partial charge in [-0.25, -0.2) is 9.59 Å². The molecular formula is C50H76N4O11S. The molecule has 3 amide bonds. The predicted octanol–water partition coefficient (Wildman–Crippen LogP) is 6.33. The number of ether oxygens (including phenoxy) is 3. The number of thioether (sulfide) groups is 1. The molecule has 3 fully saturated rings. The number of likely N-dealkylation sites (tertiary alicyclic amines) is 2. The van der Waals surface area contributed by atoms with E-state index >= 15 is 0 Å². The molecule has 0 bridgehead atoms. The Morgan fingerprint density at radius 2 is 1.64 bits per heavy atom. The van der Waals surface area contributed by atoms with Crippen molar-refractivity contribution >= 4 is 47.2 Å². The highest BCUT2D eigenvalue weighted by Gasteiger charge is 2.60. The van der Waals surface area contributed by atoms with Crippen molar-refractivity contribution in [2.24, 2.45) is 22.7 Å². The summed E-state index contributed by atoms with van der Waals surface area (Å²) < 4.78 is 17.5. The Kier molecular flexibility index (Phi) is 16.8. The van der Waals surface area contributed by atoms with Crippen LogP contribution < -0.4 is 9.47 Å². The van der Waals surface area contributed by atoms with Crippen LogP contribution in [0.1, 0.15) is 126 Å². The second-order valence-corrected chi connectivity index (χ2v) is 22.5. The Hall–Kier alpha value is -4.15. The monoisotopic (exact) mass is 941 g/mol. The van der Waals surface area contributed by atoms with E-state index in [0.29, 0.717) is 87.3 Å². The van der Waals surface area contributed by atoms with E-state index in [1.165, 1.54) is 21.6 Å². The van der Waals surface area contributed by atoms with Crippen molar-refractivity contribution in [3.63, 3.8) is 0 Å². The number of piperidine rings is 1. The zero-order valence-corrected chi connectivity index (χ0v) is 42.4. The van der Waals surface area contributed by atoms with Crippen LogP contribution in [0, 0.1) is 22.7 Å². The average Bonchev–Trinajstić information content (AvgIpc) is 3.80. The Balaban J connectivity index is 1.35. The minimum Gasteiger partial charge on any atom is -0.493 e. The molecule has 0 aliphatic carbocycles. The van der Waals surface area contributed by atoms with Gasteiger partial charge in [-0.3, -0.25) is 24.1 Å². The number of benzene rings is 1. The lowest BCUT2D eigenvalue weighted by Gasteiger charge is -2.46. The highest BCUT2D eigenvalue weighted by Crippen LogP contribution is 2.53. The molecule has 2 N–H and O–H groups in total. The van der Waals surface area contributed by atoms with Gasteiger partial charge in [0.25, 0.3) is 5.91 Å². The van der Waals surface area contributed by atoms with E-state index < -0.39 is 70.8 Å². The molecule has 0 saturated carbocycles. The van der Waals surface area contributed by atoms with Gasteiger partial charge in [0, 0.05) is 54.2 Å². The smallest absolute Gasteiger partial charge is 0.353 e. The fourth-order valence-electron chi connectivity index (χ4n) is 10.3. The lowest BCUT2D eigenvalue weighted by molar-refractivity contribution is -0.165. The van der Waals surface area contributed by atoms with Crippen molar-refractivity contribution in [2.75, 3.05) is 41.4 Å². The van der Waals surface area contributed by atoms with Crippen LogP contribution in [0.15, 0.2) is 28.8 Å². The Morgan fingerprint density at radius 3 is 2.23 bits per heavy atom. The third-order valence-electron chi connectivity index (χ3n) is 14.8. The summed E-state index contributed by atoms with van der Waals surface area (Å²) in [5.41, 5.74) is -0.745. The largest absolute Gasteiger partial charge is 0.493 e. The fourth-order valence-corrected chi connectivity index (χ4v) is 11.8. The summed E-state index contributed by atoms with van der Waals surface area (Å²) in [7, 11) is 6.65. The first-order valence-electron chi connectivity index (χ1n) is 23.7. The van der Waals surface area contributed by atoms with E-state index in [1.54, 1.807) is 54.0 Å². The van der Waals surface area contributed by atoms with Crippen LogP contribution in [-0.2, 0) is 39.9 Å². The molecule has 5 rings (SSSR count). The number of aliphatic carboxylic acids is 1. The molecule has 0 unspecified atom stereocenters. The molecule has 368 valence electrons. The number of carbonyl (C=O) groups is 6. The normalized spacial score (nSPS) is 24.7. The second kappa shape index (κ2) is 21.0. The first kappa shape index (κ1) is 52.8. The number of methoxy groups -OCH3 is 2. The predicted molar refractivity (Wildman–Crippen MR) is 253 cm³/mol. The molecule has 1 aromatic rings. The van der Waals surface area contributed by atoms with Crippen molar-refractivity contribution < 1.29 is 53.2 Å². The highest BCUT2D eigenvalue weighted by molar-refractivity contribution is 8.03. The molecule has 4 heterocycles. The lowest BCUT2D eigenvalue weighted by Crippen LogP contribution is -2.63. The summed E-state index contributed by atoms with van der Waals surface area (Å²) in [6.45, 7) is 18.3. The standard InChI is InChI=1S/C50H76N4O11S/c1-14-49(6,7)42(56)45(59)52-24-16-15-17-34(52)47(62)65-32(20-18-31-19-21-36(63-12)37(25-31)64-13)27-48(4,5)22-23-50(8,9)53-28-33(26-35(53)43(57)51(10)11)66-41-29(2)39-38(30(3)55)44(58)54(39)40(41)46(60)61/h19,21,25,29-30,32-35,38-39,55H,14-18,20,22-24,26-28H2,1-13H3,(H,60,61)/t29-,30-,32-,33+,34+,35+,38-,39-/m1/s1. The molecule has 0 spiro atoms. The minimum atomic E-state index is -1.18. The first-order valence-corrected chi connectivity index (χ1v) is 24.6. The van der Waals surface area contributed by atoms with Gasteiger partial charge in [-0.15, -0.1) is 11.8 Å². The number of hydrogen-bond acceptors (Lipinski definition) is 12. The van der Waals surface area contributed by atoms with Gasteiger partial charge in [0.2, 0.25) is 17.6 Å². The van der Waals surface area contributed by atoms with Gasteiger partial charge in [-0.05, 0) is 108 Å². The van der Waals surface area contributed by atoms with Crippen LogP contribution in [0.25, 0.3) is 0 Å². The number of carbonyl (C=O) groups excluding carboxylic acids is 5. The van der Waals surface area contributed by atoms with Gasteiger partial charge >= 0.3 is 11.9 Å². The summed E-state index contributed by atoms with van der Waals surface area (Å²) in [6.07, 6.45) is 4.38. The second-order valence-electron chi connectivity index (χ2n) is 21.2. The summed E-state index contributed by atoms with van der Waals surface area (Å²) >= 11 is 1.44. The van der Waals surface area contributed by atoms with Gasteiger partial charge in [0.15, 0.2) is 11.5 Å². The fraction of sp³-hybridized carbons (Fsp3) is 0.720. The quantitative estimate of drug-likeness (QED) is 0.0794. The third-order valence-corrected chi connectivity index (χ3v) is 16.3. The number of aliphatic hydroxyl groups excluding tert-OH is 1. The van der Waals surface area contributed by atoms with Gasteiger partial charge in [-0.1, -0.05) is 47.6 Å². The van der Waals surface area contributed by atoms with E-state index in [9.17, 15) is 39.0 Å². The molecule has 4 aliphatic rings. The number of likely N-dealkylation sites (N-methyl/N-ethyl adjacent to an activating group) is 1. The number of Topliss-reactive ketones (excluding diaryl/α,β-unsaturated/α-hetero) is 1. The maximum atomic E-state index is 14.3. The van der Waals surface area contributed by atoms with Crippen LogP contribution in [0.4, 0.5) is 0 Å². The molecule has 66 heavy (non-hydrogen) atoms. The molecule has 8 atom stereocenters. The summed E-state index contributed by atoms with van der Waals surface area (Å²) in [5.74, 6) is -2.97. The van der Waals surface area contributed by atoms with Crippen molar-refractivity contribution in [3.05, 3.63) is 34.4 Å². The van der Waals surface area contributed by atoms with Gasteiger partial charge in [0.1, 0.15) is 17.8 Å². The number of ketones is 1. The molecule has 3 saturated heterocycles. The molecule has 0 aromatic heterocycles. The average molecular weight is 941 g/mol. The van der Waals surface area contributed by atoms with E-state index in [1.807, 2.05) is 32.0 Å². The number of nitrogens with zero attached hydrogens (tertiary/aromatic N) is 4. The Morgan fingerprint density at radius 1 is 0.970 bits per heavy atom. The summed E-state index contributed by atoms with van der Waals surface area (Å²) in [6, 6.07) is 3.99. The molecule has 16 heteroatoms. The number of carboxylic acid groups (broad SMARTS) is 1. The van der Waals surface area contributed by atoms with Gasteiger partial charge in [0.05, 0.1) is 38.3 Å². The number of aliphatic hydroxyl groups is 1. The van der Waals surface area contributed by atoms with Crippen LogP contribution in [0.3, 0.4) is 0 Å².